The zero-order chi connectivity index (χ0) is 12.7. The van der Waals surface area contributed by atoms with Crippen molar-refractivity contribution in [3.8, 4) is 0 Å². The Morgan fingerprint density at radius 2 is 1.94 bits per heavy atom. The van der Waals surface area contributed by atoms with Gasteiger partial charge in [0.05, 0.1) is 11.4 Å². The Kier molecular flexibility index (Phi) is 5.95. The van der Waals surface area contributed by atoms with Crippen LogP contribution in [0.1, 0.15) is 57.3 Å². The van der Waals surface area contributed by atoms with Crippen LogP contribution in [0.2, 0.25) is 0 Å². The van der Waals surface area contributed by atoms with Gasteiger partial charge in [-0.2, -0.15) is 0 Å². The lowest BCUT2D eigenvalue weighted by Gasteiger charge is -2.19. The Balaban J connectivity index is 2.67. The third-order valence-electron chi connectivity index (χ3n) is 2.96. The monoisotopic (exact) mass is 235 g/mol. The quantitative estimate of drug-likeness (QED) is 0.779. The molecular formula is C14H25N3. The van der Waals surface area contributed by atoms with Crippen LogP contribution >= 0.6 is 0 Å². The molecule has 0 amide bonds. The molecule has 1 unspecified atom stereocenters. The van der Waals surface area contributed by atoms with Gasteiger partial charge in [0.15, 0.2) is 0 Å². The summed E-state index contributed by atoms with van der Waals surface area (Å²) >= 11 is 0. The standard InChI is InChI=1S/C14H25N3/c1-5-7-9-13(8-6-2)17-14-12(4)15-10-11(3)16-14/h10,13H,5-9H2,1-4H3,(H,16,17). The van der Waals surface area contributed by atoms with Gasteiger partial charge in [-0.3, -0.25) is 4.98 Å². The second-order valence-electron chi connectivity index (χ2n) is 4.72. The topological polar surface area (TPSA) is 37.8 Å². The molecule has 96 valence electrons. The van der Waals surface area contributed by atoms with Gasteiger partial charge in [0.25, 0.3) is 0 Å². The third-order valence-corrected chi connectivity index (χ3v) is 2.96. The minimum absolute atomic E-state index is 0.537. The van der Waals surface area contributed by atoms with Crippen molar-refractivity contribution in [2.24, 2.45) is 0 Å². The molecule has 0 saturated heterocycles. The molecule has 0 saturated carbocycles. The van der Waals surface area contributed by atoms with E-state index >= 15 is 0 Å². The molecule has 3 nitrogen and oxygen atoms in total. The highest BCUT2D eigenvalue weighted by Gasteiger charge is 2.10. The zero-order valence-electron chi connectivity index (χ0n) is 11.6. The Bertz CT molecular complexity index is 336. The average Bonchev–Trinajstić information content (AvgIpc) is 2.31. The van der Waals surface area contributed by atoms with Gasteiger partial charge in [-0.25, -0.2) is 4.98 Å². The molecule has 0 fully saturated rings. The summed E-state index contributed by atoms with van der Waals surface area (Å²) in [7, 11) is 0. The molecule has 0 spiro atoms. The van der Waals surface area contributed by atoms with E-state index in [2.05, 4.69) is 29.1 Å². The van der Waals surface area contributed by atoms with E-state index in [1.165, 1.54) is 32.1 Å². The predicted molar refractivity (Wildman–Crippen MR) is 73.3 cm³/mol. The van der Waals surface area contributed by atoms with E-state index < -0.39 is 0 Å². The first kappa shape index (κ1) is 13.9. The van der Waals surface area contributed by atoms with Gasteiger partial charge in [-0.15, -0.1) is 0 Å². The number of rotatable bonds is 7. The summed E-state index contributed by atoms with van der Waals surface area (Å²) < 4.78 is 0. The van der Waals surface area contributed by atoms with Crippen LogP contribution < -0.4 is 5.32 Å². The lowest BCUT2D eigenvalue weighted by molar-refractivity contribution is 0.562. The normalized spacial score (nSPS) is 12.5. The van der Waals surface area contributed by atoms with Crippen LogP contribution in [0.3, 0.4) is 0 Å². The van der Waals surface area contributed by atoms with E-state index in [1.807, 2.05) is 20.0 Å². The fourth-order valence-corrected chi connectivity index (χ4v) is 1.96. The molecule has 0 aliphatic carbocycles. The maximum absolute atomic E-state index is 4.53. The Morgan fingerprint density at radius 3 is 2.59 bits per heavy atom. The van der Waals surface area contributed by atoms with Crippen molar-refractivity contribution in [1.29, 1.82) is 0 Å². The molecule has 0 radical (unpaired) electrons. The molecule has 3 heteroatoms. The predicted octanol–water partition coefficient (Wildman–Crippen LogP) is 3.86. The summed E-state index contributed by atoms with van der Waals surface area (Å²) in [6.07, 6.45) is 7.98. The minimum Gasteiger partial charge on any atom is -0.366 e. The van der Waals surface area contributed by atoms with E-state index in [0.29, 0.717) is 6.04 Å². The summed E-state index contributed by atoms with van der Waals surface area (Å²) in [4.78, 5) is 8.88. The first-order valence-electron chi connectivity index (χ1n) is 6.74. The first-order valence-corrected chi connectivity index (χ1v) is 6.74. The Morgan fingerprint density at radius 1 is 1.18 bits per heavy atom. The number of unbranched alkanes of at least 4 members (excludes halogenated alkanes) is 1. The second kappa shape index (κ2) is 7.25. The summed E-state index contributed by atoms with van der Waals surface area (Å²) in [6, 6.07) is 0.537. The SMILES string of the molecule is CCCCC(CCC)Nc1nc(C)cnc1C. The minimum atomic E-state index is 0.537. The summed E-state index contributed by atoms with van der Waals surface area (Å²) in [5.41, 5.74) is 1.97. The largest absolute Gasteiger partial charge is 0.366 e. The number of aryl methyl sites for hydroxylation is 2. The first-order chi connectivity index (χ1) is 8.17. The zero-order valence-corrected chi connectivity index (χ0v) is 11.6. The van der Waals surface area contributed by atoms with Gasteiger partial charge in [-0.05, 0) is 26.7 Å². The van der Waals surface area contributed by atoms with Crippen molar-refractivity contribution in [2.45, 2.75) is 65.8 Å². The molecule has 1 aromatic rings. The number of hydrogen-bond donors (Lipinski definition) is 1. The molecular weight excluding hydrogens is 210 g/mol. The average molecular weight is 235 g/mol. The van der Waals surface area contributed by atoms with E-state index in [9.17, 15) is 0 Å². The summed E-state index contributed by atoms with van der Waals surface area (Å²) in [5.74, 6) is 0.958. The maximum atomic E-state index is 4.53. The van der Waals surface area contributed by atoms with Crippen LogP contribution in [0.5, 0.6) is 0 Å². The van der Waals surface area contributed by atoms with E-state index in [1.54, 1.807) is 0 Å². The van der Waals surface area contributed by atoms with Crippen molar-refractivity contribution >= 4 is 5.82 Å². The molecule has 1 rings (SSSR count). The van der Waals surface area contributed by atoms with Gasteiger partial charge in [-0.1, -0.05) is 33.1 Å². The van der Waals surface area contributed by atoms with Crippen molar-refractivity contribution in [3.05, 3.63) is 17.6 Å². The van der Waals surface area contributed by atoms with E-state index in [-0.39, 0.29) is 0 Å². The van der Waals surface area contributed by atoms with Gasteiger partial charge >= 0.3 is 0 Å². The molecule has 1 N–H and O–H groups in total. The van der Waals surface area contributed by atoms with E-state index in [0.717, 1.165) is 17.2 Å². The number of nitrogens with zero attached hydrogens (tertiary/aromatic N) is 2. The van der Waals surface area contributed by atoms with Crippen LogP contribution in [0, 0.1) is 13.8 Å². The van der Waals surface area contributed by atoms with Gasteiger partial charge in [0.2, 0.25) is 0 Å². The highest BCUT2D eigenvalue weighted by molar-refractivity contribution is 5.40. The fourth-order valence-electron chi connectivity index (χ4n) is 1.96. The molecule has 0 aromatic carbocycles. The molecule has 0 bridgehead atoms. The van der Waals surface area contributed by atoms with Crippen LogP contribution in [0.15, 0.2) is 6.20 Å². The molecule has 1 atom stereocenters. The number of nitrogens with one attached hydrogen (secondary N) is 1. The molecule has 1 heterocycles. The molecule has 1 aromatic heterocycles. The number of aromatic nitrogens is 2. The fraction of sp³-hybridized carbons (Fsp3) is 0.714. The molecule has 0 aliphatic rings. The van der Waals surface area contributed by atoms with Crippen molar-refractivity contribution in [1.82, 2.24) is 9.97 Å². The van der Waals surface area contributed by atoms with Crippen LogP contribution in [-0.4, -0.2) is 16.0 Å². The van der Waals surface area contributed by atoms with Crippen molar-refractivity contribution in [2.75, 3.05) is 5.32 Å². The van der Waals surface area contributed by atoms with Crippen molar-refractivity contribution in [3.63, 3.8) is 0 Å². The third kappa shape index (κ3) is 4.72. The van der Waals surface area contributed by atoms with Crippen LogP contribution in [0.25, 0.3) is 0 Å². The number of hydrogen-bond acceptors (Lipinski definition) is 3. The lowest BCUT2D eigenvalue weighted by atomic mass is 10.1. The van der Waals surface area contributed by atoms with E-state index in [4.69, 9.17) is 0 Å². The summed E-state index contributed by atoms with van der Waals surface area (Å²) in [5, 5.41) is 3.55. The highest BCUT2D eigenvalue weighted by atomic mass is 15.0. The number of anilines is 1. The van der Waals surface area contributed by atoms with Gasteiger partial charge < -0.3 is 5.32 Å². The van der Waals surface area contributed by atoms with Crippen molar-refractivity contribution < 1.29 is 0 Å². The van der Waals surface area contributed by atoms with Gasteiger partial charge in [0, 0.05) is 12.2 Å². The lowest BCUT2D eigenvalue weighted by Crippen LogP contribution is -2.21. The highest BCUT2D eigenvalue weighted by Crippen LogP contribution is 2.15. The Labute approximate surface area is 105 Å². The summed E-state index contributed by atoms with van der Waals surface area (Å²) in [6.45, 7) is 8.46. The Hall–Kier alpha value is -1.12. The molecule has 0 aliphatic heterocycles. The maximum Gasteiger partial charge on any atom is 0.147 e. The van der Waals surface area contributed by atoms with Crippen LogP contribution in [0.4, 0.5) is 5.82 Å². The molecule has 17 heavy (non-hydrogen) atoms. The second-order valence-corrected chi connectivity index (χ2v) is 4.72. The van der Waals surface area contributed by atoms with Crippen LogP contribution in [-0.2, 0) is 0 Å². The smallest absolute Gasteiger partial charge is 0.147 e. The van der Waals surface area contributed by atoms with Gasteiger partial charge in [0.1, 0.15) is 5.82 Å².